The average molecular weight is 230 g/mol. The molecule has 0 amide bonds. The third-order valence-corrected chi connectivity index (χ3v) is 2.27. The zero-order chi connectivity index (χ0) is 12.3. The maximum atomic E-state index is 11.0. The first-order valence-corrected chi connectivity index (χ1v) is 4.91. The number of hydrogen-bond donors (Lipinski definition) is 1. The van der Waals surface area contributed by atoms with E-state index in [9.17, 15) is 4.79 Å². The summed E-state index contributed by atoms with van der Waals surface area (Å²) in [6, 6.07) is 6.77. The van der Waals surface area contributed by atoms with Crippen LogP contribution in [0.1, 0.15) is 10.5 Å². The summed E-state index contributed by atoms with van der Waals surface area (Å²) >= 11 is 0. The van der Waals surface area contributed by atoms with E-state index in [1.54, 1.807) is 30.5 Å². The van der Waals surface area contributed by atoms with E-state index in [2.05, 4.69) is 9.97 Å². The van der Waals surface area contributed by atoms with Crippen molar-refractivity contribution in [1.29, 1.82) is 0 Å². The molecule has 0 aliphatic carbocycles. The van der Waals surface area contributed by atoms with Crippen molar-refractivity contribution < 1.29 is 14.6 Å². The second-order valence-corrected chi connectivity index (χ2v) is 3.29. The Bertz CT molecular complexity index is 555. The van der Waals surface area contributed by atoms with Gasteiger partial charge in [0.15, 0.2) is 5.69 Å². The van der Waals surface area contributed by atoms with Crippen molar-refractivity contribution in [2.45, 2.75) is 0 Å². The van der Waals surface area contributed by atoms with Gasteiger partial charge in [-0.25, -0.2) is 14.8 Å². The SMILES string of the molecule is COc1cc(-c2cccnc2C(=O)O)ccn1. The highest BCUT2D eigenvalue weighted by Gasteiger charge is 2.12. The third-order valence-electron chi connectivity index (χ3n) is 2.27. The molecule has 0 aromatic carbocycles. The number of pyridine rings is 2. The van der Waals surface area contributed by atoms with E-state index in [4.69, 9.17) is 9.84 Å². The highest BCUT2D eigenvalue weighted by atomic mass is 16.5. The number of ether oxygens (including phenoxy) is 1. The number of rotatable bonds is 3. The second-order valence-electron chi connectivity index (χ2n) is 3.29. The number of aromatic carboxylic acids is 1. The van der Waals surface area contributed by atoms with Gasteiger partial charge >= 0.3 is 5.97 Å². The quantitative estimate of drug-likeness (QED) is 0.871. The topological polar surface area (TPSA) is 72.3 Å². The molecule has 5 nitrogen and oxygen atoms in total. The normalized spacial score (nSPS) is 9.94. The van der Waals surface area contributed by atoms with Crippen LogP contribution >= 0.6 is 0 Å². The van der Waals surface area contributed by atoms with Crippen molar-refractivity contribution in [1.82, 2.24) is 9.97 Å². The van der Waals surface area contributed by atoms with Crippen molar-refractivity contribution >= 4 is 5.97 Å². The van der Waals surface area contributed by atoms with E-state index in [-0.39, 0.29) is 5.69 Å². The fourth-order valence-electron chi connectivity index (χ4n) is 1.50. The molecular formula is C12H10N2O3. The van der Waals surface area contributed by atoms with Gasteiger partial charge in [-0.05, 0) is 17.7 Å². The first-order valence-electron chi connectivity index (χ1n) is 4.91. The minimum Gasteiger partial charge on any atom is -0.481 e. The lowest BCUT2D eigenvalue weighted by Crippen LogP contribution is -2.02. The molecule has 0 spiro atoms. The van der Waals surface area contributed by atoms with Gasteiger partial charge in [-0.3, -0.25) is 0 Å². The van der Waals surface area contributed by atoms with Crippen LogP contribution in [0.2, 0.25) is 0 Å². The summed E-state index contributed by atoms with van der Waals surface area (Å²) in [5.74, 6) is -0.626. The van der Waals surface area contributed by atoms with Crippen LogP contribution in [0.4, 0.5) is 0 Å². The number of methoxy groups -OCH3 is 1. The Morgan fingerprint density at radius 3 is 2.82 bits per heavy atom. The van der Waals surface area contributed by atoms with E-state index < -0.39 is 5.97 Å². The van der Waals surface area contributed by atoms with Crippen LogP contribution in [0.25, 0.3) is 11.1 Å². The van der Waals surface area contributed by atoms with Gasteiger partial charge < -0.3 is 9.84 Å². The monoisotopic (exact) mass is 230 g/mol. The van der Waals surface area contributed by atoms with Gasteiger partial charge in [-0.15, -0.1) is 0 Å². The standard InChI is InChI=1S/C12H10N2O3/c1-17-10-7-8(4-6-13-10)9-3-2-5-14-11(9)12(15)16/h2-7H,1H3,(H,15,16). The summed E-state index contributed by atoms with van der Waals surface area (Å²) in [5.41, 5.74) is 1.27. The van der Waals surface area contributed by atoms with E-state index >= 15 is 0 Å². The Morgan fingerprint density at radius 2 is 2.12 bits per heavy atom. The van der Waals surface area contributed by atoms with Gasteiger partial charge in [0.05, 0.1) is 7.11 Å². The largest absolute Gasteiger partial charge is 0.481 e. The Labute approximate surface area is 97.7 Å². The molecule has 2 aromatic rings. The highest BCUT2D eigenvalue weighted by molar-refractivity contribution is 5.93. The number of carboxylic acid groups (broad SMARTS) is 1. The fraction of sp³-hybridized carbons (Fsp3) is 0.0833. The maximum absolute atomic E-state index is 11.0. The molecule has 0 atom stereocenters. The molecule has 0 radical (unpaired) electrons. The molecule has 0 fully saturated rings. The molecule has 0 aliphatic heterocycles. The first kappa shape index (κ1) is 11.1. The zero-order valence-corrected chi connectivity index (χ0v) is 9.12. The summed E-state index contributed by atoms with van der Waals surface area (Å²) in [7, 11) is 1.51. The van der Waals surface area contributed by atoms with Crippen molar-refractivity contribution in [3.63, 3.8) is 0 Å². The molecule has 5 heteroatoms. The lowest BCUT2D eigenvalue weighted by molar-refractivity contribution is 0.0691. The summed E-state index contributed by atoms with van der Waals surface area (Å²) < 4.78 is 5.00. The van der Waals surface area contributed by atoms with Crippen LogP contribution in [0.5, 0.6) is 5.88 Å². The van der Waals surface area contributed by atoms with Gasteiger partial charge in [0.1, 0.15) is 0 Å². The number of nitrogens with zero attached hydrogens (tertiary/aromatic N) is 2. The zero-order valence-electron chi connectivity index (χ0n) is 9.12. The number of aromatic nitrogens is 2. The van der Waals surface area contributed by atoms with Crippen LogP contribution in [-0.4, -0.2) is 28.2 Å². The van der Waals surface area contributed by atoms with E-state index in [1.165, 1.54) is 13.3 Å². The molecular weight excluding hydrogens is 220 g/mol. The Kier molecular flexibility index (Phi) is 3.00. The molecule has 0 bridgehead atoms. The van der Waals surface area contributed by atoms with E-state index in [1.807, 2.05) is 0 Å². The molecule has 1 N–H and O–H groups in total. The van der Waals surface area contributed by atoms with Gasteiger partial charge in [-0.1, -0.05) is 6.07 Å². The Balaban J connectivity index is 2.56. The number of carbonyl (C=O) groups is 1. The summed E-state index contributed by atoms with van der Waals surface area (Å²) in [6.07, 6.45) is 3.01. The minimum absolute atomic E-state index is 0.0146. The number of hydrogen-bond acceptors (Lipinski definition) is 4. The van der Waals surface area contributed by atoms with Crippen LogP contribution in [0.15, 0.2) is 36.7 Å². The maximum Gasteiger partial charge on any atom is 0.355 e. The Hall–Kier alpha value is -2.43. The van der Waals surface area contributed by atoms with Crippen molar-refractivity contribution in [2.75, 3.05) is 7.11 Å². The lowest BCUT2D eigenvalue weighted by Gasteiger charge is -2.06. The molecule has 2 rings (SSSR count). The van der Waals surface area contributed by atoms with E-state index in [0.717, 1.165) is 0 Å². The molecule has 2 aromatic heterocycles. The van der Waals surface area contributed by atoms with Crippen LogP contribution in [-0.2, 0) is 0 Å². The molecule has 0 aliphatic rings. The molecule has 0 unspecified atom stereocenters. The van der Waals surface area contributed by atoms with Crippen molar-refractivity contribution in [2.24, 2.45) is 0 Å². The van der Waals surface area contributed by atoms with Crippen LogP contribution < -0.4 is 4.74 Å². The summed E-state index contributed by atoms with van der Waals surface area (Å²) in [6.45, 7) is 0. The number of carboxylic acids is 1. The molecule has 2 heterocycles. The predicted molar refractivity (Wildman–Crippen MR) is 61.0 cm³/mol. The highest BCUT2D eigenvalue weighted by Crippen LogP contribution is 2.24. The minimum atomic E-state index is -1.06. The summed E-state index contributed by atoms with van der Waals surface area (Å²) in [5, 5.41) is 9.04. The second kappa shape index (κ2) is 4.61. The molecule has 17 heavy (non-hydrogen) atoms. The first-order chi connectivity index (χ1) is 8.22. The molecule has 0 saturated carbocycles. The summed E-state index contributed by atoms with van der Waals surface area (Å²) in [4.78, 5) is 18.9. The predicted octanol–water partition coefficient (Wildman–Crippen LogP) is 1.85. The molecule has 86 valence electrons. The van der Waals surface area contributed by atoms with Crippen molar-refractivity contribution in [3.05, 3.63) is 42.4 Å². The lowest BCUT2D eigenvalue weighted by atomic mass is 10.1. The van der Waals surface area contributed by atoms with Gasteiger partial charge in [0.25, 0.3) is 0 Å². The van der Waals surface area contributed by atoms with Crippen LogP contribution in [0, 0.1) is 0 Å². The Morgan fingerprint density at radius 1 is 1.29 bits per heavy atom. The fourth-order valence-corrected chi connectivity index (χ4v) is 1.50. The van der Waals surface area contributed by atoms with Gasteiger partial charge in [-0.2, -0.15) is 0 Å². The third kappa shape index (κ3) is 2.23. The van der Waals surface area contributed by atoms with E-state index in [0.29, 0.717) is 17.0 Å². The molecule has 0 saturated heterocycles. The van der Waals surface area contributed by atoms with Gasteiger partial charge in [0.2, 0.25) is 5.88 Å². The smallest absolute Gasteiger partial charge is 0.355 e. The average Bonchev–Trinajstić information content (AvgIpc) is 2.39. The van der Waals surface area contributed by atoms with Gasteiger partial charge in [0, 0.05) is 24.0 Å². The van der Waals surface area contributed by atoms with Crippen molar-refractivity contribution in [3.8, 4) is 17.0 Å². The van der Waals surface area contributed by atoms with Crippen LogP contribution in [0.3, 0.4) is 0 Å².